The lowest BCUT2D eigenvalue weighted by molar-refractivity contribution is -0.137. The van der Waals surface area contributed by atoms with Gasteiger partial charge in [-0.3, -0.25) is 4.79 Å². The molecule has 0 aliphatic carbocycles. The molecule has 2 rings (SSSR count). The van der Waals surface area contributed by atoms with Gasteiger partial charge in [-0.05, 0) is 50.9 Å². The van der Waals surface area contributed by atoms with E-state index in [0.29, 0.717) is 29.2 Å². The van der Waals surface area contributed by atoms with E-state index in [4.69, 9.17) is 23.2 Å². The minimum Gasteiger partial charge on any atom is -0.338 e. The minimum atomic E-state index is 0. The number of carbonyl (C=O) groups excluding carboxylic acids is 1. The highest BCUT2D eigenvalue weighted by Crippen LogP contribution is 2.24. The van der Waals surface area contributed by atoms with Gasteiger partial charge < -0.3 is 10.2 Å². The van der Waals surface area contributed by atoms with Crippen LogP contribution in [-0.2, 0) is 11.3 Å². The zero-order valence-electron chi connectivity index (χ0n) is 12.9. The van der Waals surface area contributed by atoms with Crippen LogP contribution in [0.5, 0.6) is 0 Å². The van der Waals surface area contributed by atoms with Gasteiger partial charge in [0.25, 0.3) is 0 Å². The molecular weight excluding hydrogens is 343 g/mol. The van der Waals surface area contributed by atoms with Crippen molar-refractivity contribution in [2.45, 2.75) is 39.3 Å². The van der Waals surface area contributed by atoms with E-state index in [2.05, 4.69) is 12.2 Å². The van der Waals surface area contributed by atoms with E-state index in [-0.39, 0.29) is 24.2 Å². The number of carbonyl (C=O) groups is 1. The van der Waals surface area contributed by atoms with Crippen LogP contribution in [0.2, 0.25) is 10.0 Å². The fraction of sp³-hybridized carbons (Fsp3) is 0.562. The molecule has 1 amide bonds. The number of hydrogen-bond donors (Lipinski definition) is 1. The Hall–Kier alpha value is -0.480. The van der Waals surface area contributed by atoms with E-state index in [1.807, 2.05) is 24.0 Å². The van der Waals surface area contributed by atoms with E-state index >= 15 is 0 Å². The first kappa shape index (κ1) is 19.6. The Labute approximate surface area is 148 Å². The van der Waals surface area contributed by atoms with Crippen LogP contribution in [0.3, 0.4) is 0 Å². The van der Waals surface area contributed by atoms with Gasteiger partial charge in [0.05, 0.1) is 10.0 Å². The van der Waals surface area contributed by atoms with Gasteiger partial charge in [-0.15, -0.1) is 12.4 Å². The summed E-state index contributed by atoms with van der Waals surface area (Å²) in [5, 5.41) is 4.46. The summed E-state index contributed by atoms with van der Waals surface area (Å²) in [6, 6.07) is 5.96. The second-order valence-corrected chi connectivity index (χ2v) is 6.49. The van der Waals surface area contributed by atoms with Gasteiger partial charge in [-0.2, -0.15) is 0 Å². The maximum absolute atomic E-state index is 12.7. The summed E-state index contributed by atoms with van der Waals surface area (Å²) in [6.07, 6.45) is 1.83. The lowest BCUT2D eigenvalue weighted by atomic mass is 9.92. The first-order valence-corrected chi connectivity index (χ1v) is 8.23. The molecule has 2 atom stereocenters. The third kappa shape index (κ3) is 5.02. The van der Waals surface area contributed by atoms with Crippen molar-refractivity contribution >= 4 is 41.5 Å². The molecule has 124 valence electrons. The molecular formula is C16H23Cl3N2O. The standard InChI is InChI=1S/C16H22Cl2N2O.ClH/c1-3-20(10-12-4-5-14(17)15(18)9-12)16(21)13-6-7-19-11(2)8-13;/h4-5,9,11,13,19H,3,6-8,10H2,1-2H3;1H/t11-,13-;/m0./s1. The van der Waals surface area contributed by atoms with Gasteiger partial charge in [0.1, 0.15) is 0 Å². The molecule has 1 aromatic rings. The SMILES string of the molecule is CCN(Cc1ccc(Cl)c(Cl)c1)C(=O)[C@H]1CCN[C@@H](C)C1.Cl. The molecule has 1 aliphatic heterocycles. The van der Waals surface area contributed by atoms with E-state index in [9.17, 15) is 4.79 Å². The number of piperidine rings is 1. The van der Waals surface area contributed by atoms with Crippen molar-refractivity contribution in [2.75, 3.05) is 13.1 Å². The van der Waals surface area contributed by atoms with Crippen LogP contribution in [0, 0.1) is 5.92 Å². The van der Waals surface area contributed by atoms with E-state index in [0.717, 1.165) is 24.9 Å². The molecule has 0 saturated carbocycles. The molecule has 0 radical (unpaired) electrons. The average Bonchev–Trinajstić information content (AvgIpc) is 2.47. The van der Waals surface area contributed by atoms with Crippen LogP contribution in [0.25, 0.3) is 0 Å². The van der Waals surface area contributed by atoms with Crippen LogP contribution in [-0.4, -0.2) is 29.9 Å². The Kier molecular flexibility index (Phi) is 7.98. The molecule has 0 aromatic heterocycles. The molecule has 3 nitrogen and oxygen atoms in total. The third-order valence-corrected chi connectivity index (χ3v) is 4.76. The Balaban J connectivity index is 0.00000242. The smallest absolute Gasteiger partial charge is 0.226 e. The molecule has 1 heterocycles. The monoisotopic (exact) mass is 364 g/mol. The second kappa shape index (κ2) is 8.97. The molecule has 6 heteroatoms. The number of rotatable bonds is 4. The molecule has 0 unspecified atom stereocenters. The highest BCUT2D eigenvalue weighted by molar-refractivity contribution is 6.42. The van der Waals surface area contributed by atoms with Crippen molar-refractivity contribution in [3.05, 3.63) is 33.8 Å². The summed E-state index contributed by atoms with van der Waals surface area (Å²) in [4.78, 5) is 14.6. The summed E-state index contributed by atoms with van der Waals surface area (Å²) in [7, 11) is 0. The molecule has 22 heavy (non-hydrogen) atoms. The lowest BCUT2D eigenvalue weighted by Gasteiger charge is -2.31. The number of benzene rings is 1. The van der Waals surface area contributed by atoms with Crippen LogP contribution < -0.4 is 5.32 Å². The van der Waals surface area contributed by atoms with E-state index in [1.54, 1.807) is 6.07 Å². The highest BCUT2D eigenvalue weighted by atomic mass is 35.5. The highest BCUT2D eigenvalue weighted by Gasteiger charge is 2.27. The van der Waals surface area contributed by atoms with Crippen molar-refractivity contribution in [1.82, 2.24) is 10.2 Å². The van der Waals surface area contributed by atoms with Crippen molar-refractivity contribution in [1.29, 1.82) is 0 Å². The van der Waals surface area contributed by atoms with Crippen molar-refractivity contribution in [3.63, 3.8) is 0 Å². The van der Waals surface area contributed by atoms with Crippen molar-refractivity contribution in [3.8, 4) is 0 Å². The Bertz CT molecular complexity index is 510. The van der Waals surface area contributed by atoms with Gasteiger partial charge in [-0.1, -0.05) is 29.3 Å². The maximum atomic E-state index is 12.7. The number of hydrogen-bond acceptors (Lipinski definition) is 2. The Morgan fingerprint density at radius 2 is 2.09 bits per heavy atom. The lowest BCUT2D eigenvalue weighted by Crippen LogP contribution is -2.43. The molecule has 0 spiro atoms. The van der Waals surface area contributed by atoms with Crippen molar-refractivity contribution < 1.29 is 4.79 Å². The molecule has 0 bridgehead atoms. The average molecular weight is 366 g/mol. The van der Waals surface area contributed by atoms with Gasteiger partial charge >= 0.3 is 0 Å². The normalized spacial score (nSPS) is 21.1. The number of halogens is 3. The van der Waals surface area contributed by atoms with Crippen LogP contribution in [0.15, 0.2) is 18.2 Å². The molecule has 1 aliphatic rings. The molecule has 1 saturated heterocycles. The predicted molar refractivity (Wildman–Crippen MR) is 95.0 cm³/mol. The summed E-state index contributed by atoms with van der Waals surface area (Å²) in [5.41, 5.74) is 1.02. The van der Waals surface area contributed by atoms with Crippen molar-refractivity contribution in [2.24, 2.45) is 5.92 Å². The second-order valence-electron chi connectivity index (χ2n) is 5.68. The zero-order chi connectivity index (χ0) is 15.4. The first-order chi connectivity index (χ1) is 10.0. The number of nitrogens with one attached hydrogen (secondary N) is 1. The fourth-order valence-electron chi connectivity index (χ4n) is 2.82. The Morgan fingerprint density at radius 1 is 1.36 bits per heavy atom. The van der Waals surface area contributed by atoms with Crippen LogP contribution in [0.1, 0.15) is 32.3 Å². The van der Waals surface area contributed by atoms with Crippen LogP contribution >= 0.6 is 35.6 Å². The van der Waals surface area contributed by atoms with Gasteiger partial charge in [-0.25, -0.2) is 0 Å². The topological polar surface area (TPSA) is 32.3 Å². The van der Waals surface area contributed by atoms with E-state index in [1.165, 1.54) is 0 Å². The Morgan fingerprint density at radius 3 is 2.68 bits per heavy atom. The minimum absolute atomic E-state index is 0. The summed E-state index contributed by atoms with van der Waals surface area (Å²) < 4.78 is 0. The van der Waals surface area contributed by atoms with Crippen LogP contribution in [0.4, 0.5) is 0 Å². The largest absolute Gasteiger partial charge is 0.338 e. The third-order valence-electron chi connectivity index (χ3n) is 4.02. The summed E-state index contributed by atoms with van der Waals surface area (Å²) >= 11 is 12.0. The molecule has 1 fully saturated rings. The van der Waals surface area contributed by atoms with Gasteiger partial charge in [0, 0.05) is 25.0 Å². The number of amides is 1. The van der Waals surface area contributed by atoms with Gasteiger partial charge in [0.15, 0.2) is 0 Å². The first-order valence-electron chi connectivity index (χ1n) is 7.47. The maximum Gasteiger partial charge on any atom is 0.226 e. The summed E-state index contributed by atoms with van der Waals surface area (Å²) in [6.45, 7) is 6.36. The van der Waals surface area contributed by atoms with E-state index < -0.39 is 0 Å². The fourth-order valence-corrected chi connectivity index (χ4v) is 3.14. The predicted octanol–water partition coefficient (Wildman–Crippen LogP) is 4.15. The summed E-state index contributed by atoms with van der Waals surface area (Å²) in [5.74, 6) is 0.376. The molecule has 1 N–H and O–H groups in total. The zero-order valence-corrected chi connectivity index (χ0v) is 15.3. The number of nitrogens with zero attached hydrogens (tertiary/aromatic N) is 1. The quantitative estimate of drug-likeness (QED) is 0.869. The molecule has 1 aromatic carbocycles. The van der Waals surface area contributed by atoms with Gasteiger partial charge in [0.2, 0.25) is 5.91 Å².